The van der Waals surface area contributed by atoms with E-state index in [1.54, 1.807) is 0 Å². The van der Waals surface area contributed by atoms with E-state index in [2.05, 4.69) is 22.3 Å². The fourth-order valence-corrected chi connectivity index (χ4v) is 6.39. The van der Waals surface area contributed by atoms with Crippen LogP contribution in [0.4, 0.5) is 5.69 Å². The number of carbonyl (C=O) groups excluding carboxylic acids is 2. The van der Waals surface area contributed by atoms with Crippen LogP contribution in [-0.4, -0.2) is 55.5 Å². The molecule has 0 radical (unpaired) electrons. The summed E-state index contributed by atoms with van der Waals surface area (Å²) in [5, 5.41) is 3.72. The van der Waals surface area contributed by atoms with Gasteiger partial charge in [-0.2, -0.15) is 0 Å². The number of aryl methyl sites for hydroxylation is 1. The van der Waals surface area contributed by atoms with E-state index in [0.29, 0.717) is 43.1 Å². The maximum Gasteiger partial charge on any atom is 0.255 e. The zero-order valence-corrected chi connectivity index (χ0v) is 23.3. The Labute approximate surface area is 231 Å². The number of benzene rings is 2. The molecule has 2 saturated heterocycles. The number of nitrogens with zero attached hydrogens (tertiary/aromatic N) is 2. The number of ether oxygens (including phenoxy) is 1. The summed E-state index contributed by atoms with van der Waals surface area (Å²) in [4.78, 5) is 31.4. The third-order valence-electron chi connectivity index (χ3n) is 8.58. The van der Waals surface area contributed by atoms with Crippen molar-refractivity contribution in [3.05, 3.63) is 58.6 Å². The molecule has 0 aromatic heterocycles. The minimum atomic E-state index is -0.455. The van der Waals surface area contributed by atoms with E-state index in [1.807, 2.05) is 42.2 Å². The van der Waals surface area contributed by atoms with Crippen LogP contribution in [0.15, 0.2) is 42.5 Å². The van der Waals surface area contributed by atoms with Crippen LogP contribution in [0.2, 0.25) is 5.02 Å². The van der Waals surface area contributed by atoms with E-state index in [9.17, 15) is 9.59 Å². The quantitative estimate of drug-likeness (QED) is 0.521. The summed E-state index contributed by atoms with van der Waals surface area (Å²) in [7, 11) is 0. The standard InChI is InChI=1S/C31H40ClN3O3/c1-23-22-38-28-11-4-3-9-24(28)10-5-6-14-31(30(37)33-23)15-19-35(20-16-31)29(36)26-21-25(12-13-27(26)32)34-17-7-2-8-18-34/h3-4,9,11-13,21,23H,2,5-8,10,14-20,22H2,1H3,(H,33,37)/t23-/m1/s1. The summed E-state index contributed by atoms with van der Waals surface area (Å²) in [6, 6.07) is 13.9. The van der Waals surface area contributed by atoms with E-state index >= 15 is 0 Å². The summed E-state index contributed by atoms with van der Waals surface area (Å²) < 4.78 is 6.08. The second-order valence-corrected chi connectivity index (χ2v) is 11.7. The first-order chi connectivity index (χ1) is 18.4. The predicted molar refractivity (Wildman–Crippen MR) is 152 cm³/mol. The number of amides is 2. The predicted octanol–water partition coefficient (Wildman–Crippen LogP) is 5.86. The number of anilines is 1. The fraction of sp³-hybridized carbons (Fsp3) is 0.548. The van der Waals surface area contributed by atoms with Crippen LogP contribution in [0.5, 0.6) is 5.75 Å². The number of para-hydroxylation sites is 1. The Kier molecular flexibility index (Phi) is 8.47. The highest BCUT2D eigenvalue weighted by Crippen LogP contribution is 2.39. The number of fused-ring (bicyclic) bond motifs is 1. The molecule has 0 unspecified atom stereocenters. The lowest BCUT2D eigenvalue weighted by Crippen LogP contribution is -2.52. The first kappa shape index (κ1) is 26.9. The molecular weight excluding hydrogens is 498 g/mol. The molecule has 1 spiro atoms. The summed E-state index contributed by atoms with van der Waals surface area (Å²) in [6.07, 6.45) is 8.70. The van der Waals surface area contributed by atoms with Crippen molar-refractivity contribution in [1.29, 1.82) is 0 Å². The van der Waals surface area contributed by atoms with Crippen LogP contribution in [0.1, 0.15) is 74.2 Å². The van der Waals surface area contributed by atoms with E-state index in [1.165, 1.54) is 24.8 Å². The Bertz CT molecular complexity index is 1140. The van der Waals surface area contributed by atoms with Gasteiger partial charge in [0.25, 0.3) is 5.91 Å². The Morgan fingerprint density at radius 2 is 1.74 bits per heavy atom. The molecular formula is C31H40ClN3O3. The van der Waals surface area contributed by atoms with E-state index in [4.69, 9.17) is 16.3 Å². The topological polar surface area (TPSA) is 61.9 Å². The number of nitrogens with one attached hydrogen (secondary N) is 1. The van der Waals surface area contributed by atoms with Gasteiger partial charge in [-0.3, -0.25) is 9.59 Å². The number of halogens is 1. The van der Waals surface area contributed by atoms with Gasteiger partial charge in [0.2, 0.25) is 5.91 Å². The third-order valence-corrected chi connectivity index (χ3v) is 8.91. The zero-order valence-electron chi connectivity index (χ0n) is 22.5. The summed E-state index contributed by atoms with van der Waals surface area (Å²) in [5.41, 5.74) is 2.41. The molecule has 3 aliphatic heterocycles. The second-order valence-electron chi connectivity index (χ2n) is 11.3. The van der Waals surface area contributed by atoms with Crippen LogP contribution in [0.25, 0.3) is 0 Å². The third kappa shape index (κ3) is 5.96. The number of hydrogen-bond acceptors (Lipinski definition) is 4. The molecule has 1 N–H and O–H groups in total. The fourth-order valence-electron chi connectivity index (χ4n) is 6.19. The Hall–Kier alpha value is -2.73. The molecule has 2 amide bonds. The molecule has 7 heteroatoms. The lowest BCUT2D eigenvalue weighted by Gasteiger charge is -2.41. The minimum absolute atomic E-state index is 0.0318. The molecule has 204 valence electrons. The highest BCUT2D eigenvalue weighted by molar-refractivity contribution is 6.34. The molecule has 2 aromatic carbocycles. The average molecular weight is 538 g/mol. The molecule has 2 fully saturated rings. The van der Waals surface area contributed by atoms with Crippen molar-refractivity contribution >= 4 is 29.1 Å². The van der Waals surface area contributed by atoms with Gasteiger partial charge in [0.05, 0.1) is 22.0 Å². The maximum absolute atomic E-state index is 13.6. The van der Waals surface area contributed by atoms with Gasteiger partial charge in [-0.15, -0.1) is 0 Å². The second kappa shape index (κ2) is 12.0. The highest BCUT2D eigenvalue weighted by Gasteiger charge is 2.42. The number of piperidine rings is 2. The van der Waals surface area contributed by atoms with Gasteiger partial charge in [-0.1, -0.05) is 36.2 Å². The molecule has 2 aromatic rings. The first-order valence-electron chi connectivity index (χ1n) is 14.3. The molecule has 5 rings (SSSR count). The number of likely N-dealkylation sites (tertiary alicyclic amines) is 1. The van der Waals surface area contributed by atoms with Crippen LogP contribution < -0.4 is 15.0 Å². The van der Waals surface area contributed by atoms with Crippen molar-refractivity contribution in [2.24, 2.45) is 5.41 Å². The van der Waals surface area contributed by atoms with Gasteiger partial charge in [-0.05, 0) is 88.1 Å². The molecule has 0 bridgehead atoms. The van der Waals surface area contributed by atoms with Crippen molar-refractivity contribution in [3.63, 3.8) is 0 Å². The number of carbonyl (C=O) groups is 2. The summed E-state index contributed by atoms with van der Waals surface area (Å²) in [5.74, 6) is 0.981. The highest BCUT2D eigenvalue weighted by atomic mass is 35.5. The monoisotopic (exact) mass is 537 g/mol. The first-order valence-corrected chi connectivity index (χ1v) is 14.7. The lowest BCUT2D eigenvalue weighted by atomic mass is 9.73. The summed E-state index contributed by atoms with van der Waals surface area (Å²) >= 11 is 6.53. The van der Waals surface area contributed by atoms with Gasteiger partial charge < -0.3 is 19.9 Å². The molecule has 0 saturated carbocycles. The van der Waals surface area contributed by atoms with Gasteiger partial charge in [0, 0.05) is 31.9 Å². The van der Waals surface area contributed by atoms with Gasteiger partial charge >= 0.3 is 0 Å². The maximum atomic E-state index is 13.6. The summed E-state index contributed by atoms with van der Waals surface area (Å²) in [6.45, 7) is 5.59. The van der Waals surface area contributed by atoms with Crippen molar-refractivity contribution in [2.75, 3.05) is 37.7 Å². The average Bonchev–Trinajstić information content (AvgIpc) is 2.95. The number of rotatable bonds is 2. The Morgan fingerprint density at radius 3 is 2.53 bits per heavy atom. The molecule has 3 aliphatic rings. The zero-order chi connectivity index (χ0) is 26.5. The van der Waals surface area contributed by atoms with Gasteiger partial charge in [0.15, 0.2) is 0 Å². The Balaban J connectivity index is 1.27. The number of hydrogen-bond donors (Lipinski definition) is 1. The molecule has 1 atom stereocenters. The SMILES string of the molecule is C[C@@H]1COc2ccccc2CCCCC2(CCN(C(=O)c3cc(N4CCCCC4)ccc3Cl)CC2)C(=O)N1. The van der Waals surface area contributed by atoms with Crippen molar-refractivity contribution in [1.82, 2.24) is 10.2 Å². The Morgan fingerprint density at radius 1 is 0.974 bits per heavy atom. The minimum Gasteiger partial charge on any atom is -0.491 e. The van der Waals surface area contributed by atoms with Crippen molar-refractivity contribution < 1.29 is 14.3 Å². The van der Waals surface area contributed by atoms with E-state index in [0.717, 1.165) is 50.2 Å². The lowest BCUT2D eigenvalue weighted by molar-refractivity contribution is -0.135. The largest absolute Gasteiger partial charge is 0.491 e. The molecule has 3 heterocycles. The molecule has 38 heavy (non-hydrogen) atoms. The molecule has 6 nitrogen and oxygen atoms in total. The van der Waals surface area contributed by atoms with Gasteiger partial charge in [0.1, 0.15) is 12.4 Å². The van der Waals surface area contributed by atoms with Crippen molar-refractivity contribution in [3.8, 4) is 5.75 Å². The van der Waals surface area contributed by atoms with Crippen LogP contribution in [0.3, 0.4) is 0 Å². The van der Waals surface area contributed by atoms with Crippen LogP contribution >= 0.6 is 11.6 Å². The molecule has 0 aliphatic carbocycles. The van der Waals surface area contributed by atoms with Crippen LogP contribution in [0, 0.1) is 5.41 Å². The van der Waals surface area contributed by atoms with E-state index in [-0.39, 0.29) is 17.9 Å². The van der Waals surface area contributed by atoms with Crippen molar-refractivity contribution in [2.45, 2.75) is 70.8 Å². The smallest absolute Gasteiger partial charge is 0.255 e. The normalized spacial score (nSPS) is 22.5. The van der Waals surface area contributed by atoms with E-state index < -0.39 is 5.41 Å². The van der Waals surface area contributed by atoms with Gasteiger partial charge in [-0.25, -0.2) is 0 Å². The van der Waals surface area contributed by atoms with Crippen LogP contribution in [-0.2, 0) is 11.2 Å².